The Labute approximate surface area is 116 Å². The fourth-order valence-corrected chi connectivity index (χ4v) is 3.25. The minimum Gasteiger partial charge on any atom is -0.294 e. The molecule has 0 aliphatic carbocycles. The minimum absolute atomic E-state index is 0.0671. The molecule has 1 aromatic carbocycles. The summed E-state index contributed by atoms with van der Waals surface area (Å²) in [6.07, 6.45) is 3.92. The van der Waals surface area contributed by atoms with Crippen molar-refractivity contribution >= 4 is 15.6 Å². The van der Waals surface area contributed by atoms with Crippen LogP contribution in [0.2, 0.25) is 0 Å². The van der Waals surface area contributed by atoms with E-state index < -0.39 is 9.84 Å². The minimum atomic E-state index is -3.20. The van der Waals surface area contributed by atoms with Crippen molar-refractivity contribution in [1.82, 2.24) is 0 Å². The molecule has 0 amide bonds. The largest absolute Gasteiger partial charge is 0.294 e. The molecule has 0 radical (unpaired) electrons. The fourth-order valence-electron chi connectivity index (χ4n) is 1.88. The van der Waals surface area contributed by atoms with Crippen molar-refractivity contribution in [2.45, 2.75) is 50.8 Å². The average Bonchev–Trinajstić information content (AvgIpc) is 2.39. The fraction of sp³-hybridized carbons (Fsp3) is 0.533. The molecule has 1 aromatic rings. The van der Waals surface area contributed by atoms with Crippen LogP contribution in [0.5, 0.6) is 0 Å². The second kappa shape index (κ2) is 7.43. The predicted octanol–water partition coefficient (Wildman–Crippen LogP) is 3.63. The van der Waals surface area contributed by atoms with Gasteiger partial charge in [0, 0.05) is 12.0 Å². The van der Waals surface area contributed by atoms with Crippen LogP contribution >= 0.6 is 0 Å². The summed E-state index contributed by atoms with van der Waals surface area (Å²) in [5, 5.41) is 0. The van der Waals surface area contributed by atoms with Crippen molar-refractivity contribution in [3.05, 3.63) is 29.8 Å². The zero-order chi connectivity index (χ0) is 14.3. The van der Waals surface area contributed by atoms with Crippen LogP contribution in [0.15, 0.2) is 29.2 Å². The average molecular weight is 282 g/mol. The first kappa shape index (κ1) is 15.9. The smallest absolute Gasteiger partial charge is 0.178 e. The topological polar surface area (TPSA) is 51.2 Å². The standard InChI is InChI=1S/C15H22O3S/c1-3-5-6-12-19(17,18)14-10-8-13(9-11-14)15(16)7-4-2/h8-11H,3-7,12H2,1-2H3. The number of benzene rings is 1. The van der Waals surface area contributed by atoms with Gasteiger partial charge in [0.2, 0.25) is 0 Å². The lowest BCUT2D eigenvalue weighted by atomic mass is 10.1. The molecule has 0 saturated heterocycles. The zero-order valence-electron chi connectivity index (χ0n) is 11.7. The van der Waals surface area contributed by atoms with Crippen molar-refractivity contribution in [1.29, 1.82) is 0 Å². The predicted molar refractivity (Wildman–Crippen MR) is 77.3 cm³/mol. The van der Waals surface area contributed by atoms with Gasteiger partial charge in [-0.1, -0.05) is 38.8 Å². The molecule has 0 heterocycles. The Morgan fingerprint density at radius 1 is 1.00 bits per heavy atom. The molecular formula is C15H22O3S. The lowest BCUT2D eigenvalue weighted by Gasteiger charge is -2.05. The second-order valence-corrected chi connectivity index (χ2v) is 6.83. The van der Waals surface area contributed by atoms with Crippen LogP contribution in [0.4, 0.5) is 0 Å². The molecule has 19 heavy (non-hydrogen) atoms. The van der Waals surface area contributed by atoms with Crippen molar-refractivity contribution in [3.8, 4) is 0 Å². The van der Waals surface area contributed by atoms with Gasteiger partial charge in [-0.05, 0) is 25.0 Å². The number of hydrogen-bond donors (Lipinski definition) is 0. The third-order valence-electron chi connectivity index (χ3n) is 3.03. The van der Waals surface area contributed by atoms with Crippen LogP contribution in [0.1, 0.15) is 56.3 Å². The van der Waals surface area contributed by atoms with Crippen molar-refractivity contribution in [3.63, 3.8) is 0 Å². The van der Waals surface area contributed by atoms with E-state index in [1.807, 2.05) is 13.8 Å². The maximum atomic E-state index is 12.0. The van der Waals surface area contributed by atoms with Crippen LogP contribution in [0, 0.1) is 0 Å². The van der Waals surface area contributed by atoms with Crippen LogP contribution < -0.4 is 0 Å². The van der Waals surface area contributed by atoms with Gasteiger partial charge in [-0.25, -0.2) is 8.42 Å². The van der Waals surface area contributed by atoms with Crippen LogP contribution in [0.25, 0.3) is 0 Å². The molecule has 0 bridgehead atoms. The number of ketones is 1. The highest BCUT2D eigenvalue weighted by atomic mass is 32.2. The molecule has 0 unspecified atom stereocenters. The molecule has 0 aliphatic rings. The molecule has 0 N–H and O–H groups in total. The molecule has 106 valence electrons. The maximum Gasteiger partial charge on any atom is 0.178 e. The molecule has 4 heteroatoms. The molecule has 0 spiro atoms. The summed E-state index contributed by atoms with van der Waals surface area (Å²) in [6, 6.07) is 6.32. The highest BCUT2D eigenvalue weighted by Gasteiger charge is 2.14. The summed E-state index contributed by atoms with van der Waals surface area (Å²) >= 11 is 0. The molecule has 0 aliphatic heterocycles. The number of rotatable bonds is 8. The Kier molecular flexibility index (Phi) is 6.22. The number of carbonyl (C=O) groups excluding carboxylic acids is 1. The van der Waals surface area contributed by atoms with Crippen LogP contribution in [-0.2, 0) is 9.84 Å². The Morgan fingerprint density at radius 3 is 2.16 bits per heavy atom. The van der Waals surface area contributed by atoms with E-state index in [1.54, 1.807) is 24.3 Å². The van der Waals surface area contributed by atoms with E-state index in [1.165, 1.54) is 0 Å². The van der Waals surface area contributed by atoms with E-state index in [-0.39, 0.29) is 11.5 Å². The molecule has 0 aromatic heterocycles. The SMILES string of the molecule is CCCCCS(=O)(=O)c1ccc(C(=O)CCC)cc1. The van der Waals surface area contributed by atoms with E-state index >= 15 is 0 Å². The number of sulfone groups is 1. The normalized spacial score (nSPS) is 11.5. The highest BCUT2D eigenvalue weighted by molar-refractivity contribution is 7.91. The van der Waals surface area contributed by atoms with Gasteiger partial charge in [0.15, 0.2) is 15.6 Å². The highest BCUT2D eigenvalue weighted by Crippen LogP contribution is 2.15. The summed E-state index contributed by atoms with van der Waals surface area (Å²) in [6.45, 7) is 3.99. The van der Waals surface area contributed by atoms with Crippen molar-refractivity contribution in [2.75, 3.05) is 5.75 Å². The Hall–Kier alpha value is -1.16. The Balaban J connectivity index is 2.77. The van der Waals surface area contributed by atoms with Gasteiger partial charge in [0.25, 0.3) is 0 Å². The number of Topliss-reactive ketones (excluding diaryl/α,β-unsaturated/α-hetero) is 1. The maximum absolute atomic E-state index is 12.0. The third-order valence-corrected chi connectivity index (χ3v) is 4.85. The monoisotopic (exact) mass is 282 g/mol. The van der Waals surface area contributed by atoms with Gasteiger partial charge >= 0.3 is 0 Å². The summed E-state index contributed by atoms with van der Waals surface area (Å²) in [4.78, 5) is 12.0. The molecule has 0 fully saturated rings. The third kappa shape index (κ3) is 4.78. The lowest BCUT2D eigenvalue weighted by Crippen LogP contribution is -2.07. The molecule has 0 atom stereocenters. The van der Waals surface area contributed by atoms with Gasteiger partial charge in [-0.2, -0.15) is 0 Å². The molecular weight excluding hydrogens is 260 g/mol. The first-order valence-electron chi connectivity index (χ1n) is 6.87. The molecule has 1 rings (SSSR count). The quantitative estimate of drug-likeness (QED) is 0.540. The van der Waals surface area contributed by atoms with Gasteiger partial charge in [-0.15, -0.1) is 0 Å². The number of carbonyl (C=O) groups is 1. The van der Waals surface area contributed by atoms with Crippen LogP contribution in [-0.4, -0.2) is 20.0 Å². The lowest BCUT2D eigenvalue weighted by molar-refractivity contribution is 0.0981. The van der Waals surface area contributed by atoms with Crippen molar-refractivity contribution in [2.24, 2.45) is 0 Å². The number of hydrogen-bond acceptors (Lipinski definition) is 3. The molecule has 3 nitrogen and oxygen atoms in total. The van der Waals surface area contributed by atoms with E-state index in [0.29, 0.717) is 23.3 Å². The Bertz CT molecular complexity index is 501. The number of unbranched alkanes of at least 4 members (excludes halogenated alkanes) is 2. The first-order valence-corrected chi connectivity index (χ1v) is 8.52. The second-order valence-electron chi connectivity index (χ2n) is 4.72. The zero-order valence-corrected chi connectivity index (χ0v) is 12.5. The van der Waals surface area contributed by atoms with Crippen molar-refractivity contribution < 1.29 is 13.2 Å². The van der Waals surface area contributed by atoms with E-state index in [9.17, 15) is 13.2 Å². The summed E-state index contributed by atoms with van der Waals surface area (Å²) < 4.78 is 24.1. The first-order chi connectivity index (χ1) is 9.01. The van der Waals surface area contributed by atoms with Gasteiger partial charge < -0.3 is 0 Å². The summed E-state index contributed by atoms with van der Waals surface area (Å²) in [5.41, 5.74) is 0.592. The van der Waals surface area contributed by atoms with Gasteiger partial charge in [-0.3, -0.25) is 4.79 Å². The van der Waals surface area contributed by atoms with E-state index in [0.717, 1.165) is 19.3 Å². The summed E-state index contributed by atoms with van der Waals surface area (Å²) in [5.74, 6) is 0.251. The van der Waals surface area contributed by atoms with Crippen LogP contribution in [0.3, 0.4) is 0 Å². The molecule has 0 saturated carbocycles. The van der Waals surface area contributed by atoms with E-state index in [2.05, 4.69) is 0 Å². The Morgan fingerprint density at radius 2 is 1.63 bits per heavy atom. The van der Waals surface area contributed by atoms with Gasteiger partial charge in [0.05, 0.1) is 10.6 Å². The van der Waals surface area contributed by atoms with Gasteiger partial charge in [0.1, 0.15) is 0 Å². The summed E-state index contributed by atoms with van der Waals surface area (Å²) in [7, 11) is -3.20. The van der Waals surface area contributed by atoms with E-state index in [4.69, 9.17) is 0 Å².